The second-order valence-corrected chi connectivity index (χ2v) is 5.65. The first-order chi connectivity index (χ1) is 8.86. The standard InChI is InChI=1S/C15H31N.CN/c1-3-5-6-7-8-12-16-13-10-15(9-4-2)11-14-16;1-2/h15H,3-14H2,1-2H3;/q;-1/p+1. The van der Waals surface area contributed by atoms with Crippen molar-refractivity contribution in [3.8, 4) is 0 Å². The highest BCUT2D eigenvalue weighted by Crippen LogP contribution is 2.15. The van der Waals surface area contributed by atoms with E-state index in [1.807, 2.05) is 4.90 Å². The van der Waals surface area contributed by atoms with Crippen LogP contribution < -0.4 is 4.90 Å². The molecule has 0 radical (unpaired) electrons. The Kier molecular flexibility index (Phi) is 12.5. The summed E-state index contributed by atoms with van der Waals surface area (Å²) in [6.07, 6.45) is 13.1. The van der Waals surface area contributed by atoms with E-state index in [1.54, 1.807) is 0 Å². The molecule has 0 atom stereocenters. The topological polar surface area (TPSA) is 28.2 Å². The van der Waals surface area contributed by atoms with Crippen LogP contribution in [0.25, 0.3) is 0 Å². The van der Waals surface area contributed by atoms with Gasteiger partial charge in [0, 0.05) is 0 Å². The molecule has 106 valence electrons. The maximum atomic E-state index is 6.25. The summed E-state index contributed by atoms with van der Waals surface area (Å²) in [4.78, 5) is 1.89. The summed E-state index contributed by atoms with van der Waals surface area (Å²) in [5.41, 5.74) is 0. The summed E-state index contributed by atoms with van der Waals surface area (Å²) < 4.78 is 0. The fraction of sp³-hybridized carbons (Fsp3) is 0.938. The quantitative estimate of drug-likeness (QED) is 0.522. The Morgan fingerprint density at radius 2 is 1.56 bits per heavy atom. The zero-order valence-corrected chi connectivity index (χ0v) is 12.5. The van der Waals surface area contributed by atoms with Crippen molar-refractivity contribution in [1.29, 1.82) is 5.26 Å². The number of nitrogens with zero attached hydrogens (tertiary/aromatic N) is 1. The second kappa shape index (κ2) is 12.9. The Hall–Kier alpha value is -0.550. The summed E-state index contributed by atoms with van der Waals surface area (Å²) in [5, 5.41) is 6.25. The third-order valence-corrected chi connectivity index (χ3v) is 4.14. The second-order valence-electron chi connectivity index (χ2n) is 5.65. The van der Waals surface area contributed by atoms with E-state index < -0.39 is 0 Å². The molecule has 1 heterocycles. The molecule has 1 aliphatic rings. The lowest BCUT2D eigenvalue weighted by molar-refractivity contribution is -0.906. The highest BCUT2D eigenvalue weighted by Gasteiger charge is 2.20. The Morgan fingerprint density at radius 1 is 0.944 bits per heavy atom. The van der Waals surface area contributed by atoms with Crippen molar-refractivity contribution in [2.75, 3.05) is 19.6 Å². The smallest absolute Gasteiger partial charge is 0.0773 e. The highest BCUT2D eigenvalue weighted by atomic mass is 15.1. The fourth-order valence-corrected chi connectivity index (χ4v) is 3.01. The number of hydrogen-bond acceptors (Lipinski definition) is 1. The molecule has 1 rings (SSSR count). The number of rotatable bonds is 8. The van der Waals surface area contributed by atoms with Crippen LogP contribution in [0.3, 0.4) is 0 Å². The molecule has 0 bridgehead atoms. The van der Waals surface area contributed by atoms with Gasteiger partial charge in [0.05, 0.1) is 19.6 Å². The van der Waals surface area contributed by atoms with Gasteiger partial charge in [-0.25, -0.2) is 0 Å². The summed E-state index contributed by atoms with van der Waals surface area (Å²) in [7, 11) is 0. The largest absolute Gasteiger partial charge is 0.512 e. The van der Waals surface area contributed by atoms with E-state index >= 15 is 0 Å². The van der Waals surface area contributed by atoms with E-state index in [0.717, 1.165) is 5.92 Å². The van der Waals surface area contributed by atoms with Crippen molar-refractivity contribution in [3.63, 3.8) is 0 Å². The van der Waals surface area contributed by atoms with Crippen LogP contribution in [-0.4, -0.2) is 19.6 Å². The lowest BCUT2D eigenvalue weighted by Crippen LogP contribution is -3.13. The average molecular weight is 252 g/mol. The predicted molar refractivity (Wildman–Crippen MR) is 76.9 cm³/mol. The lowest BCUT2D eigenvalue weighted by Gasteiger charge is -2.29. The summed E-state index contributed by atoms with van der Waals surface area (Å²) in [6, 6.07) is 0. The molecule has 0 amide bonds. The van der Waals surface area contributed by atoms with E-state index in [-0.39, 0.29) is 0 Å². The van der Waals surface area contributed by atoms with Gasteiger partial charge in [-0.15, -0.1) is 0 Å². The van der Waals surface area contributed by atoms with Crippen molar-refractivity contribution >= 4 is 0 Å². The van der Waals surface area contributed by atoms with Crippen molar-refractivity contribution in [2.24, 2.45) is 5.92 Å². The molecule has 1 fully saturated rings. The molecule has 0 aliphatic carbocycles. The van der Waals surface area contributed by atoms with E-state index in [9.17, 15) is 0 Å². The first-order valence-corrected chi connectivity index (χ1v) is 7.92. The molecule has 1 saturated heterocycles. The van der Waals surface area contributed by atoms with Gasteiger partial charge in [-0.3, -0.25) is 0 Å². The molecule has 18 heavy (non-hydrogen) atoms. The van der Waals surface area contributed by atoms with Crippen LogP contribution >= 0.6 is 0 Å². The molecule has 0 spiro atoms. The molecule has 2 nitrogen and oxygen atoms in total. The minimum absolute atomic E-state index is 1.06. The predicted octanol–water partition coefficient (Wildman–Crippen LogP) is 3.15. The number of quaternary nitrogens is 1. The molecule has 0 aromatic carbocycles. The monoisotopic (exact) mass is 252 g/mol. The Labute approximate surface area is 114 Å². The first kappa shape index (κ1) is 17.4. The van der Waals surface area contributed by atoms with Crippen molar-refractivity contribution in [1.82, 2.24) is 0 Å². The van der Waals surface area contributed by atoms with Gasteiger partial charge in [0.2, 0.25) is 0 Å². The SMILES string of the molecule is CCCCCCC[NH+]1CCC(CCC)CC1.[C-]#N. The van der Waals surface area contributed by atoms with Gasteiger partial charge in [0.15, 0.2) is 0 Å². The summed E-state index contributed by atoms with van der Waals surface area (Å²) >= 11 is 0. The molecule has 0 unspecified atom stereocenters. The molecule has 0 aromatic rings. The Balaban J connectivity index is 0.00000137. The van der Waals surface area contributed by atoms with Crippen LogP contribution in [0.1, 0.15) is 71.6 Å². The minimum Gasteiger partial charge on any atom is -0.512 e. The van der Waals surface area contributed by atoms with Crippen LogP contribution in [0.2, 0.25) is 0 Å². The van der Waals surface area contributed by atoms with Gasteiger partial charge in [-0.05, 0) is 31.6 Å². The Bertz CT molecular complexity index is 181. The van der Waals surface area contributed by atoms with Gasteiger partial charge in [0.25, 0.3) is 0 Å². The van der Waals surface area contributed by atoms with Gasteiger partial charge in [-0.1, -0.05) is 46.0 Å². The van der Waals surface area contributed by atoms with Crippen LogP contribution in [0.5, 0.6) is 0 Å². The molecule has 2 heteroatoms. The maximum absolute atomic E-state index is 6.25. The van der Waals surface area contributed by atoms with E-state index in [0.29, 0.717) is 0 Å². The van der Waals surface area contributed by atoms with Crippen molar-refractivity contribution < 1.29 is 4.90 Å². The third-order valence-electron chi connectivity index (χ3n) is 4.14. The van der Waals surface area contributed by atoms with Crippen molar-refractivity contribution in [3.05, 3.63) is 6.57 Å². The minimum atomic E-state index is 1.06. The number of hydrogen-bond donors (Lipinski definition) is 1. The van der Waals surface area contributed by atoms with Gasteiger partial charge < -0.3 is 16.7 Å². The van der Waals surface area contributed by atoms with Gasteiger partial charge >= 0.3 is 0 Å². The summed E-state index contributed by atoms with van der Waals surface area (Å²) in [5.74, 6) is 1.06. The normalized spacial score (nSPS) is 23.1. The first-order valence-electron chi connectivity index (χ1n) is 7.92. The number of unbranched alkanes of at least 4 members (excludes halogenated alkanes) is 4. The van der Waals surface area contributed by atoms with Crippen LogP contribution in [0, 0.1) is 17.8 Å². The van der Waals surface area contributed by atoms with Crippen molar-refractivity contribution in [2.45, 2.75) is 71.6 Å². The zero-order chi connectivity index (χ0) is 13.6. The maximum Gasteiger partial charge on any atom is 0.0773 e. The Morgan fingerprint density at radius 3 is 2.11 bits per heavy atom. The molecule has 0 saturated carbocycles. The number of nitrogens with one attached hydrogen (secondary N) is 1. The highest BCUT2D eigenvalue weighted by molar-refractivity contribution is 4.61. The average Bonchev–Trinajstić information content (AvgIpc) is 2.43. The van der Waals surface area contributed by atoms with Crippen LogP contribution in [-0.2, 0) is 0 Å². The molecular weight excluding hydrogens is 220 g/mol. The van der Waals surface area contributed by atoms with Crippen LogP contribution in [0.4, 0.5) is 0 Å². The molecular formula is C16H32N2. The number of piperidine rings is 1. The zero-order valence-electron chi connectivity index (χ0n) is 12.5. The molecule has 1 aliphatic heterocycles. The van der Waals surface area contributed by atoms with Gasteiger partial charge in [-0.2, -0.15) is 0 Å². The summed E-state index contributed by atoms with van der Waals surface area (Å²) in [6.45, 7) is 13.7. The van der Waals surface area contributed by atoms with E-state index in [4.69, 9.17) is 11.8 Å². The number of likely N-dealkylation sites (tertiary alicyclic amines) is 1. The van der Waals surface area contributed by atoms with Crippen LogP contribution in [0.15, 0.2) is 0 Å². The van der Waals surface area contributed by atoms with Gasteiger partial charge in [0.1, 0.15) is 0 Å². The van der Waals surface area contributed by atoms with E-state index in [1.165, 1.54) is 77.4 Å². The molecule has 0 aromatic heterocycles. The lowest BCUT2D eigenvalue weighted by atomic mass is 9.92. The molecule has 1 N–H and O–H groups in total. The third kappa shape index (κ3) is 8.53. The van der Waals surface area contributed by atoms with E-state index in [2.05, 4.69) is 13.8 Å². The fourth-order valence-electron chi connectivity index (χ4n) is 3.01.